The van der Waals surface area contributed by atoms with Crippen molar-refractivity contribution in [3.63, 3.8) is 0 Å². The highest BCUT2D eigenvalue weighted by Gasteiger charge is 2.15. The Morgan fingerprint density at radius 3 is 2.57 bits per heavy atom. The third-order valence-electron chi connectivity index (χ3n) is 3.31. The van der Waals surface area contributed by atoms with Crippen LogP contribution >= 0.6 is 15.9 Å². The summed E-state index contributed by atoms with van der Waals surface area (Å²) in [5, 5.41) is 2.80. The normalized spacial score (nSPS) is 12.1. The van der Waals surface area contributed by atoms with Gasteiger partial charge in [0.25, 0.3) is 5.91 Å². The molecule has 0 aliphatic rings. The molecular formula is C17H23BrFNO3. The number of rotatable bonds is 8. The highest BCUT2D eigenvalue weighted by Crippen LogP contribution is 2.18. The highest BCUT2D eigenvalue weighted by atomic mass is 79.9. The van der Waals surface area contributed by atoms with Crippen molar-refractivity contribution in [1.82, 2.24) is 5.32 Å². The molecule has 0 fully saturated rings. The maximum absolute atomic E-state index is 13.0. The summed E-state index contributed by atoms with van der Waals surface area (Å²) in [4.78, 5) is 23.6. The Morgan fingerprint density at radius 1 is 1.26 bits per heavy atom. The number of esters is 1. The van der Waals surface area contributed by atoms with Crippen molar-refractivity contribution in [2.75, 3.05) is 6.61 Å². The van der Waals surface area contributed by atoms with E-state index in [-0.39, 0.29) is 24.1 Å². The maximum atomic E-state index is 13.0. The number of carbonyl (C=O) groups is 2. The van der Waals surface area contributed by atoms with Crippen LogP contribution in [-0.2, 0) is 9.53 Å². The van der Waals surface area contributed by atoms with E-state index in [1.54, 1.807) is 0 Å². The molecule has 1 amide bonds. The third-order valence-corrected chi connectivity index (χ3v) is 3.97. The van der Waals surface area contributed by atoms with Gasteiger partial charge in [-0.1, -0.05) is 26.7 Å². The van der Waals surface area contributed by atoms with Crippen LogP contribution in [0, 0.1) is 11.7 Å². The monoisotopic (exact) mass is 387 g/mol. The van der Waals surface area contributed by atoms with Crippen LogP contribution in [0.25, 0.3) is 0 Å². The van der Waals surface area contributed by atoms with Gasteiger partial charge >= 0.3 is 5.97 Å². The van der Waals surface area contributed by atoms with Crippen LogP contribution in [0.4, 0.5) is 4.39 Å². The summed E-state index contributed by atoms with van der Waals surface area (Å²) in [7, 11) is 0. The SMILES string of the molecule is CC(C)CCCC(C)NC(=O)COC(=O)c1ccc(F)cc1Br. The van der Waals surface area contributed by atoms with Crippen LogP contribution in [0.5, 0.6) is 0 Å². The summed E-state index contributed by atoms with van der Waals surface area (Å²) in [5.41, 5.74) is 0.184. The van der Waals surface area contributed by atoms with Crippen LogP contribution < -0.4 is 5.32 Å². The minimum absolute atomic E-state index is 0.0394. The largest absolute Gasteiger partial charge is 0.452 e. The first kappa shape index (κ1) is 19.6. The summed E-state index contributed by atoms with van der Waals surface area (Å²) in [6.45, 7) is 5.90. The van der Waals surface area contributed by atoms with Crippen molar-refractivity contribution >= 4 is 27.8 Å². The van der Waals surface area contributed by atoms with Gasteiger partial charge in [-0.2, -0.15) is 0 Å². The molecule has 0 aliphatic heterocycles. The number of carbonyl (C=O) groups excluding carboxylic acids is 2. The van der Waals surface area contributed by atoms with Crippen LogP contribution in [-0.4, -0.2) is 24.5 Å². The zero-order chi connectivity index (χ0) is 17.4. The van der Waals surface area contributed by atoms with Gasteiger partial charge in [0.2, 0.25) is 0 Å². The molecule has 0 aromatic heterocycles. The van der Waals surface area contributed by atoms with Crippen molar-refractivity contribution < 1.29 is 18.7 Å². The average Bonchev–Trinajstić information content (AvgIpc) is 2.44. The lowest BCUT2D eigenvalue weighted by Gasteiger charge is -2.14. The number of nitrogens with one attached hydrogen (secondary N) is 1. The Hall–Kier alpha value is -1.43. The zero-order valence-electron chi connectivity index (χ0n) is 13.7. The number of ether oxygens (including phenoxy) is 1. The van der Waals surface area contributed by atoms with E-state index in [2.05, 4.69) is 35.1 Å². The molecule has 4 nitrogen and oxygen atoms in total. The molecule has 0 heterocycles. The quantitative estimate of drug-likeness (QED) is 0.683. The molecule has 0 aliphatic carbocycles. The Kier molecular flexibility index (Phi) is 8.23. The first-order valence-electron chi connectivity index (χ1n) is 7.71. The van der Waals surface area contributed by atoms with E-state index in [4.69, 9.17) is 4.74 Å². The number of halogens is 2. The Bertz CT molecular complexity index is 549. The number of benzene rings is 1. The molecule has 128 valence electrons. The highest BCUT2D eigenvalue weighted by molar-refractivity contribution is 9.10. The number of amides is 1. The summed E-state index contributed by atoms with van der Waals surface area (Å²) in [6, 6.07) is 3.69. The molecule has 0 radical (unpaired) electrons. The fourth-order valence-corrected chi connectivity index (χ4v) is 2.60. The molecule has 6 heteroatoms. The number of hydrogen-bond donors (Lipinski definition) is 1. The summed E-state index contributed by atoms with van der Waals surface area (Å²) in [6.07, 6.45) is 3.05. The van der Waals surface area contributed by atoms with Crippen LogP contribution in [0.3, 0.4) is 0 Å². The van der Waals surface area contributed by atoms with Gasteiger partial charge in [0, 0.05) is 10.5 Å². The smallest absolute Gasteiger partial charge is 0.339 e. The van der Waals surface area contributed by atoms with E-state index in [1.165, 1.54) is 12.1 Å². The fourth-order valence-electron chi connectivity index (χ4n) is 2.08. The van der Waals surface area contributed by atoms with E-state index in [1.807, 2.05) is 6.92 Å². The summed E-state index contributed by atoms with van der Waals surface area (Å²) >= 11 is 3.09. The van der Waals surface area contributed by atoms with Crippen molar-refractivity contribution in [1.29, 1.82) is 0 Å². The van der Waals surface area contributed by atoms with E-state index < -0.39 is 11.8 Å². The standard InChI is InChI=1S/C17H23BrFNO3/c1-11(2)5-4-6-12(3)20-16(21)10-23-17(22)14-8-7-13(19)9-15(14)18/h7-9,11-12H,4-6,10H2,1-3H3,(H,20,21). The lowest BCUT2D eigenvalue weighted by atomic mass is 10.0. The second kappa shape index (κ2) is 9.65. The first-order valence-corrected chi connectivity index (χ1v) is 8.50. The lowest BCUT2D eigenvalue weighted by Crippen LogP contribution is -2.35. The molecule has 1 N–H and O–H groups in total. The van der Waals surface area contributed by atoms with Gasteiger partial charge in [0.15, 0.2) is 6.61 Å². The molecule has 1 aromatic carbocycles. The first-order chi connectivity index (χ1) is 10.8. The molecule has 1 aromatic rings. The fraction of sp³-hybridized carbons (Fsp3) is 0.529. The molecule has 0 saturated carbocycles. The molecule has 1 unspecified atom stereocenters. The van der Waals surface area contributed by atoms with Crippen molar-refractivity contribution in [3.05, 3.63) is 34.1 Å². The molecule has 0 saturated heterocycles. The molecule has 1 rings (SSSR count). The second-order valence-electron chi connectivity index (χ2n) is 5.99. The molecule has 0 bridgehead atoms. The minimum Gasteiger partial charge on any atom is -0.452 e. The average molecular weight is 388 g/mol. The second-order valence-corrected chi connectivity index (χ2v) is 6.85. The Labute approximate surface area is 144 Å². The van der Waals surface area contributed by atoms with E-state index in [0.717, 1.165) is 25.3 Å². The van der Waals surface area contributed by atoms with Crippen LogP contribution in [0.1, 0.15) is 50.4 Å². The van der Waals surface area contributed by atoms with Gasteiger partial charge < -0.3 is 10.1 Å². The summed E-state index contributed by atoms with van der Waals surface area (Å²) in [5.74, 6) is -0.817. The predicted molar refractivity (Wildman–Crippen MR) is 90.7 cm³/mol. The third kappa shape index (κ3) is 7.59. The Morgan fingerprint density at radius 2 is 1.96 bits per heavy atom. The van der Waals surface area contributed by atoms with Crippen molar-refractivity contribution in [3.8, 4) is 0 Å². The van der Waals surface area contributed by atoms with E-state index in [0.29, 0.717) is 10.4 Å². The molecule has 1 atom stereocenters. The van der Waals surface area contributed by atoms with E-state index >= 15 is 0 Å². The van der Waals surface area contributed by atoms with Gasteiger partial charge in [0.1, 0.15) is 5.82 Å². The topological polar surface area (TPSA) is 55.4 Å². The van der Waals surface area contributed by atoms with Gasteiger partial charge in [-0.25, -0.2) is 9.18 Å². The van der Waals surface area contributed by atoms with Crippen LogP contribution in [0.2, 0.25) is 0 Å². The van der Waals surface area contributed by atoms with Crippen molar-refractivity contribution in [2.24, 2.45) is 5.92 Å². The minimum atomic E-state index is -0.667. The van der Waals surface area contributed by atoms with E-state index in [9.17, 15) is 14.0 Å². The van der Waals surface area contributed by atoms with Gasteiger partial charge in [-0.05, 0) is 53.4 Å². The zero-order valence-corrected chi connectivity index (χ0v) is 15.3. The summed E-state index contributed by atoms with van der Waals surface area (Å²) < 4.78 is 18.2. The van der Waals surface area contributed by atoms with Gasteiger partial charge in [-0.15, -0.1) is 0 Å². The number of hydrogen-bond acceptors (Lipinski definition) is 3. The van der Waals surface area contributed by atoms with Crippen LogP contribution in [0.15, 0.2) is 22.7 Å². The van der Waals surface area contributed by atoms with Gasteiger partial charge in [-0.3, -0.25) is 4.79 Å². The maximum Gasteiger partial charge on any atom is 0.339 e. The van der Waals surface area contributed by atoms with Gasteiger partial charge in [0.05, 0.1) is 5.56 Å². The Balaban J connectivity index is 2.36. The molecular weight excluding hydrogens is 365 g/mol. The molecule has 0 spiro atoms. The molecule has 23 heavy (non-hydrogen) atoms. The van der Waals surface area contributed by atoms with Crippen molar-refractivity contribution in [2.45, 2.75) is 46.1 Å². The lowest BCUT2D eigenvalue weighted by molar-refractivity contribution is -0.124. The predicted octanol–water partition coefficient (Wildman–Crippen LogP) is 4.08.